The quantitative estimate of drug-likeness (QED) is 0.647. The summed E-state index contributed by atoms with van der Waals surface area (Å²) in [6, 6.07) is 17.0. The molecular weight excluding hydrogens is 342 g/mol. The molecule has 1 atom stereocenters. The van der Waals surface area contributed by atoms with Crippen molar-refractivity contribution < 1.29 is 4.74 Å². The van der Waals surface area contributed by atoms with Crippen molar-refractivity contribution in [3.8, 4) is 5.75 Å². The average molecular weight is 368 g/mol. The number of hydrogen-bond acceptors (Lipinski definition) is 2. The van der Waals surface area contributed by atoms with E-state index in [1.165, 1.54) is 50.8 Å². The van der Waals surface area contributed by atoms with Crippen molar-refractivity contribution in [2.75, 3.05) is 13.1 Å². The predicted octanol–water partition coefficient (Wildman–Crippen LogP) is 5.95. The van der Waals surface area contributed by atoms with Crippen molar-refractivity contribution in [2.24, 2.45) is 0 Å². The summed E-state index contributed by atoms with van der Waals surface area (Å²) in [5.41, 5.74) is 4.03. The van der Waals surface area contributed by atoms with Crippen LogP contribution >= 0.6 is 11.6 Å². The Hall–Kier alpha value is -1.77. The standard InChI is InChI=1S/C23H26ClNO/c24-21-10-6-19(7-11-21)17-26-22-12-8-18(9-13-22)16-20-4-1-2-5-23(20)25-14-3-15-25/h6-13,16,23H,1-5,14-15,17H2/b20-16+. The fraction of sp³-hybridized carbons (Fsp3) is 0.391. The lowest BCUT2D eigenvalue weighted by Crippen LogP contribution is -2.46. The van der Waals surface area contributed by atoms with Crippen molar-refractivity contribution in [1.82, 2.24) is 4.90 Å². The molecule has 2 aromatic rings. The van der Waals surface area contributed by atoms with Gasteiger partial charge in [0.2, 0.25) is 0 Å². The fourth-order valence-electron chi connectivity index (χ4n) is 3.88. The van der Waals surface area contributed by atoms with Crippen LogP contribution in [-0.2, 0) is 6.61 Å². The van der Waals surface area contributed by atoms with Gasteiger partial charge in [-0.05, 0) is 74.2 Å². The number of nitrogens with zero attached hydrogens (tertiary/aromatic N) is 1. The van der Waals surface area contributed by atoms with Crippen molar-refractivity contribution >= 4 is 17.7 Å². The van der Waals surface area contributed by atoms with E-state index < -0.39 is 0 Å². The van der Waals surface area contributed by atoms with Gasteiger partial charge in [0.15, 0.2) is 0 Å². The summed E-state index contributed by atoms with van der Waals surface area (Å²) in [5, 5.41) is 0.755. The zero-order valence-electron chi connectivity index (χ0n) is 15.2. The molecule has 3 heteroatoms. The monoisotopic (exact) mass is 367 g/mol. The van der Waals surface area contributed by atoms with Crippen molar-refractivity contribution in [3.63, 3.8) is 0 Å². The predicted molar refractivity (Wildman–Crippen MR) is 109 cm³/mol. The molecule has 1 unspecified atom stereocenters. The molecule has 1 saturated carbocycles. The van der Waals surface area contributed by atoms with Gasteiger partial charge in [0.25, 0.3) is 0 Å². The van der Waals surface area contributed by atoms with Gasteiger partial charge in [0.1, 0.15) is 12.4 Å². The maximum absolute atomic E-state index is 5.92. The number of halogens is 1. The Morgan fingerprint density at radius 1 is 0.962 bits per heavy atom. The Kier molecular flexibility index (Phi) is 5.62. The molecule has 136 valence electrons. The highest BCUT2D eigenvalue weighted by molar-refractivity contribution is 6.30. The van der Waals surface area contributed by atoms with Crippen molar-refractivity contribution in [3.05, 3.63) is 70.3 Å². The second-order valence-corrected chi connectivity index (χ2v) is 7.79. The largest absolute Gasteiger partial charge is 0.489 e. The number of rotatable bonds is 5. The molecule has 0 N–H and O–H groups in total. The normalized spacial score (nSPS) is 22.2. The molecule has 2 aromatic carbocycles. The molecule has 2 aliphatic rings. The van der Waals surface area contributed by atoms with Crippen LogP contribution in [0.25, 0.3) is 6.08 Å². The van der Waals surface area contributed by atoms with Crippen LogP contribution in [0.5, 0.6) is 5.75 Å². The average Bonchev–Trinajstić information content (AvgIpc) is 2.63. The topological polar surface area (TPSA) is 12.5 Å². The van der Waals surface area contributed by atoms with Gasteiger partial charge >= 0.3 is 0 Å². The van der Waals surface area contributed by atoms with E-state index in [9.17, 15) is 0 Å². The van der Waals surface area contributed by atoms with Gasteiger partial charge in [-0.1, -0.05) is 53.9 Å². The zero-order valence-corrected chi connectivity index (χ0v) is 15.9. The van der Waals surface area contributed by atoms with Crippen molar-refractivity contribution in [2.45, 2.75) is 44.8 Å². The molecule has 2 nitrogen and oxygen atoms in total. The SMILES string of the molecule is Clc1ccc(COc2ccc(/C=C3\CCCCC3N3CCC3)cc2)cc1. The number of ether oxygens (including phenoxy) is 1. The van der Waals surface area contributed by atoms with Crippen LogP contribution in [0.2, 0.25) is 5.02 Å². The van der Waals surface area contributed by atoms with Gasteiger partial charge in [-0.25, -0.2) is 0 Å². The van der Waals surface area contributed by atoms with Crippen LogP contribution in [0, 0.1) is 0 Å². The van der Waals surface area contributed by atoms with Crippen LogP contribution < -0.4 is 4.74 Å². The summed E-state index contributed by atoms with van der Waals surface area (Å²) < 4.78 is 5.89. The minimum Gasteiger partial charge on any atom is -0.489 e. The minimum absolute atomic E-state index is 0.564. The van der Waals surface area contributed by atoms with Gasteiger partial charge in [-0.15, -0.1) is 0 Å². The Bertz CT molecular complexity index is 747. The highest BCUT2D eigenvalue weighted by Crippen LogP contribution is 2.32. The maximum atomic E-state index is 5.92. The summed E-state index contributed by atoms with van der Waals surface area (Å²) in [4.78, 5) is 2.65. The van der Waals surface area contributed by atoms with Crippen molar-refractivity contribution in [1.29, 1.82) is 0 Å². The van der Waals surface area contributed by atoms with E-state index in [-0.39, 0.29) is 0 Å². The van der Waals surface area contributed by atoms with E-state index >= 15 is 0 Å². The third-order valence-electron chi connectivity index (χ3n) is 5.50. The van der Waals surface area contributed by atoms with E-state index in [1.807, 2.05) is 24.3 Å². The molecule has 0 amide bonds. The smallest absolute Gasteiger partial charge is 0.119 e. The van der Waals surface area contributed by atoms with Crippen LogP contribution in [0.4, 0.5) is 0 Å². The first-order valence-corrected chi connectivity index (χ1v) is 10.1. The summed E-state index contributed by atoms with van der Waals surface area (Å²) in [5.74, 6) is 0.907. The second-order valence-electron chi connectivity index (χ2n) is 7.35. The number of benzene rings is 2. The molecule has 1 heterocycles. The third-order valence-corrected chi connectivity index (χ3v) is 5.76. The van der Waals surface area contributed by atoms with Crippen LogP contribution in [0.15, 0.2) is 54.1 Å². The Labute approximate surface area is 161 Å². The summed E-state index contributed by atoms with van der Waals surface area (Å²) in [7, 11) is 0. The zero-order chi connectivity index (χ0) is 17.8. The van der Waals surface area contributed by atoms with Crippen LogP contribution in [-0.4, -0.2) is 24.0 Å². The van der Waals surface area contributed by atoms with E-state index in [1.54, 1.807) is 5.57 Å². The lowest BCUT2D eigenvalue weighted by atomic mass is 9.86. The molecule has 0 aromatic heterocycles. The summed E-state index contributed by atoms with van der Waals surface area (Å²) >= 11 is 5.92. The molecule has 4 rings (SSSR count). The summed E-state index contributed by atoms with van der Waals surface area (Å²) in [6.45, 7) is 3.12. The molecule has 1 aliphatic heterocycles. The van der Waals surface area contributed by atoms with Gasteiger partial charge < -0.3 is 4.74 Å². The lowest BCUT2D eigenvalue weighted by molar-refractivity contribution is 0.121. The fourth-order valence-corrected chi connectivity index (χ4v) is 4.00. The van der Waals surface area contributed by atoms with E-state index in [4.69, 9.17) is 16.3 Å². The van der Waals surface area contributed by atoms with Gasteiger partial charge in [0.05, 0.1) is 0 Å². The van der Waals surface area contributed by atoms with E-state index in [0.29, 0.717) is 12.6 Å². The maximum Gasteiger partial charge on any atom is 0.119 e. The van der Waals surface area contributed by atoms with Crippen LogP contribution in [0.1, 0.15) is 43.2 Å². The molecular formula is C23H26ClNO. The van der Waals surface area contributed by atoms with Crippen LogP contribution in [0.3, 0.4) is 0 Å². The lowest BCUT2D eigenvalue weighted by Gasteiger charge is -2.42. The van der Waals surface area contributed by atoms with Gasteiger partial charge in [0, 0.05) is 11.1 Å². The van der Waals surface area contributed by atoms with Gasteiger partial charge in [-0.3, -0.25) is 4.90 Å². The molecule has 2 fully saturated rings. The first-order valence-electron chi connectivity index (χ1n) is 9.70. The molecule has 1 aliphatic carbocycles. The highest BCUT2D eigenvalue weighted by Gasteiger charge is 2.28. The Morgan fingerprint density at radius 2 is 1.73 bits per heavy atom. The Morgan fingerprint density at radius 3 is 2.42 bits per heavy atom. The number of likely N-dealkylation sites (tertiary alicyclic amines) is 1. The van der Waals surface area contributed by atoms with E-state index in [0.717, 1.165) is 16.3 Å². The van der Waals surface area contributed by atoms with E-state index in [2.05, 4.69) is 35.2 Å². The van der Waals surface area contributed by atoms with Gasteiger partial charge in [-0.2, -0.15) is 0 Å². The number of hydrogen-bond donors (Lipinski definition) is 0. The minimum atomic E-state index is 0.564. The molecule has 1 saturated heterocycles. The Balaban J connectivity index is 1.39. The molecule has 26 heavy (non-hydrogen) atoms. The molecule has 0 spiro atoms. The molecule has 0 bridgehead atoms. The highest BCUT2D eigenvalue weighted by atomic mass is 35.5. The first-order chi connectivity index (χ1) is 12.8. The second kappa shape index (κ2) is 8.28. The summed E-state index contributed by atoms with van der Waals surface area (Å²) in [6.07, 6.45) is 9.05. The third kappa shape index (κ3) is 4.31. The molecule has 0 radical (unpaired) electrons. The first kappa shape index (κ1) is 17.6.